The molecule has 0 saturated heterocycles. The molecular weight excluding hydrogens is 398 g/mol. The van der Waals surface area contributed by atoms with E-state index in [1.807, 2.05) is 16.8 Å². The van der Waals surface area contributed by atoms with E-state index >= 15 is 0 Å². The lowest BCUT2D eigenvalue weighted by molar-refractivity contribution is -0.757. The Labute approximate surface area is 193 Å². The minimum atomic E-state index is -0.0685. The fraction of sp³-hybridized carbons (Fsp3) is 0.630. The van der Waals surface area contributed by atoms with Crippen LogP contribution in [0, 0.1) is 0 Å². The molecular formula is C27H40N3O2+. The topological polar surface area (TPSA) is 55.8 Å². The van der Waals surface area contributed by atoms with Crippen molar-refractivity contribution in [3.63, 3.8) is 0 Å². The lowest BCUT2D eigenvalue weighted by Crippen LogP contribution is -2.43. The summed E-state index contributed by atoms with van der Waals surface area (Å²) in [6.45, 7) is 5.80. The van der Waals surface area contributed by atoms with Gasteiger partial charge in [0.15, 0.2) is 0 Å². The van der Waals surface area contributed by atoms with Crippen LogP contribution in [0.25, 0.3) is 0 Å². The molecule has 0 amide bonds. The van der Waals surface area contributed by atoms with Crippen molar-refractivity contribution >= 4 is 11.6 Å². The number of nitrogens with zero attached hydrogens (tertiary/aromatic N) is 3. The van der Waals surface area contributed by atoms with E-state index in [9.17, 15) is 9.59 Å². The van der Waals surface area contributed by atoms with Gasteiger partial charge in [-0.1, -0.05) is 95.9 Å². The highest BCUT2D eigenvalue weighted by Gasteiger charge is 2.42. The molecule has 3 rings (SSSR count). The van der Waals surface area contributed by atoms with Crippen LogP contribution in [0.5, 0.6) is 0 Å². The van der Waals surface area contributed by atoms with Crippen molar-refractivity contribution < 1.29 is 14.3 Å². The average molecular weight is 439 g/mol. The Morgan fingerprint density at radius 3 is 1.88 bits per heavy atom. The zero-order valence-corrected chi connectivity index (χ0v) is 20.1. The maximum atomic E-state index is 13.3. The minimum absolute atomic E-state index is 0.0657. The number of aryl methyl sites for hydroxylation is 2. The van der Waals surface area contributed by atoms with Gasteiger partial charge in [0.2, 0.25) is 23.0 Å². The van der Waals surface area contributed by atoms with E-state index in [1.54, 1.807) is 16.8 Å². The van der Waals surface area contributed by atoms with E-state index < -0.39 is 0 Å². The zero-order chi connectivity index (χ0) is 22.8. The van der Waals surface area contributed by atoms with Crippen LogP contribution >= 0.6 is 0 Å². The molecule has 0 unspecified atom stereocenters. The molecule has 0 radical (unpaired) electrons. The van der Waals surface area contributed by atoms with E-state index in [2.05, 4.69) is 13.8 Å². The van der Waals surface area contributed by atoms with Crippen LogP contribution < -0.4 is 4.68 Å². The number of carbonyl (C=O) groups is 2. The predicted molar refractivity (Wildman–Crippen MR) is 127 cm³/mol. The first-order valence-corrected chi connectivity index (χ1v) is 12.9. The number of fused-ring (bicyclic) bond motifs is 2. The third-order valence-electron chi connectivity index (χ3n) is 6.50. The van der Waals surface area contributed by atoms with Crippen LogP contribution in [0.4, 0.5) is 0 Å². The first-order valence-electron chi connectivity index (χ1n) is 12.9. The van der Waals surface area contributed by atoms with Gasteiger partial charge in [0.1, 0.15) is 13.1 Å². The van der Waals surface area contributed by atoms with Crippen LogP contribution in [0.1, 0.15) is 129 Å². The molecule has 5 heteroatoms. The van der Waals surface area contributed by atoms with Crippen LogP contribution in [0.2, 0.25) is 0 Å². The molecule has 1 aliphatic carbocycles. The maximum Gasteiger partial charge on any atom is 0.249 e. The molecule has 0 N–H and O–H groups in total. The fourth-order valence-corrected chi connectivity index (χ4v) is 4.62. The number of aromatic nitrogens is 3. The Hall–Kier alpha value is -2.30. The minimum Gasteiger partial charge on any atom is -0.284 e. The molecule has 1 aliphatic rings. The van der Waals surface area contributed by atoms with E-state index in [-0.39, 0.29) is 11.6 Å². The number of carbonyl (C=O) groups excluding carboxylic acids is 2. The SMILES string of the molecule is CCCCCCCCCCCCn1n[n+](CCCCC)c2c1C(=O)c1ccccc1C2=O. The van der Waals surface area contributed by atoms with E-state index in [0.717, 1.165) is 32.1 Å². The molecule has 1 aromatic heterocycles. The van der Waals surface area contributed by atoms with Crippen molar-refractivity contribution in [1.82, 2.24) is 9.90 Å². The van der Waals surface area contributed by atoms with E-state index in [0.29, 0.717) is 35.6 Å². The molecule has 0 atom stereocenters. The van der Waals surface area contributed by atoms with Gasteiger partial charge >= 0.3 is 0 Å². The summed E-state index contributed by atoms with van der Waals surface area (Å²) in [5, 5.41) is 4.71. The van der Waals surface area contributed by atoms with Crippen molar-refractivity contribution in [1.29, 1.82) is 0 Å². The van der Waals surface area contributed by atoms with Gasteiger partial charge in [0, 0.05) is 11.1 Å². The first-order chi connectivity index (χ1) is 15.7. The Bertz CT molecular complexity index is 900. The lowest BCUT2D eigenvalue weighted by atomic mass is 9.90. The van der Waals surface area contributed by atoms with Crippen LogP contribution in [0.3, 0.4) is 0 Å². The van der Waals surface area contributed by atoms with Crippen LogP contribution in [-0.4, -0.2) is 21.5 Å². The third kappa shape index (κ3) is 5.93. The second-order valence-electron chi connectivity index (χ2n) is 9.13. The standard InChI is InChI=1S/C27H40N3O2/c1-3-5-7-8-9-10-11-12-13-17-21-30-25-24(29(28-30)20-16-6-4-2)26(31)22-18-14-15-19-23(22)27(25)32/h14-15,18-19H,3-13,16-17,20-21H2,1-2H3/q+1. The van der Waals surface area contributed by atoms with E-state index in [4.69, 9.17) is 5.21 Å². The molecule has 5 nitrogen and oxygen atoms in total. The Balaban J connectivity index is 1.61. The summed E-state index contributed by atoms with van der Waals surface area (Å²) >= 11 is 0. The van der Waals surface area contributed by atoms with Gasteiger partial charge in [0.25, 0.3) is 0 Å². The normalized spacial score (nSPS) is 12.8. The van der Waals surface area contributed by atoms with Crippen LogP contribution in [0.15, 0.2) is 24.3 Å². The number of rotatable bonds is 15. The van der Waals surface area contributed by atoms with Crippen LogP contribution in [-0.2, 0) is 13.1 Å². The molecule has 0 bridgehead atoms. The summed E-state index contributed by atoms with van der Waals surface area (Å²) in [5.41, 5.74) is 1.99. The summed E-state index contributed by atoms with van der Waals surface area (Å²) in [6.07, 6.45) is 15.9. The van der Waals surface area contributed by atoms with E-state index in [1.165, 1.54) is 51.4 Å². The Morgan fingerprint density at radius 1 is 0.719 bits per heavy atom. The van der Waals surface area contributed by atoms with Gasteiger partial charge in [-0.25, -0.2) is 0 Å². The molecule has 0 spiro atoms. The summed E-state index contributed by atoms with van der Waals surface area (Å²) in [7, 11) is 0. The van der Waals surface area contributed by atoms with Gasteiger partial charge < -0.3 is 0 Å². The Morgan fingerprint density at radius 2 is 1.25 bits per heavy atom. The summed E-state index contributed by atoms with van der Waals surface area (Å²) in [5.74, 6) is -0.134. The second kappa shape index (κ2) is 12.7. The number of unbranched alkanes of at least 4 members (excludes halogenated alkanes) is 11. The number of ketones is 2. The average Bonchev–Trinajstić information content (AvgIpc) is 3.17. The smallest absolute Gasteiger partial charge is 0.249 e. The Kier molecular flexibility index (Phi) is 9.63. The molecule has 1 heterocycles. The largest absolute Gasteiger partial charge is 0.284 e. The molecule has 0 aliphatic heterocycles. The lowest BCUT2D eigenvalue weighted by Gasteiger charge is -2.11. The van der Waals surface area contributed by atoms with Gasteiger partial charge in [0.05, 0.1) is 5.21 Å². The highest BCUT2D eigenvalue weighted by molar-refractivity contribution is 6.26. The summed E-state index contributed by atoms with van der Waals surface area (Å²) in [6, 6.07) is 7.17. The molecule has 174 valence electrons. The van der Waals surface area contributed by atoms with Crippen molar-refractivity contribution in [2.75, 3.05) is 0 Å². The molecule has 0 saturated carbocycles. The van der Waals surface area contributed by atoms with Crippen molar-refractivity contribution in [2.24, 2.45) is 0 Å². The maximum absolute atomic E-state index is 13.3. The molecule has 2 aromatic rings. The first kappa shape index (κ1) is 24.3. The number of hydrogen-bond donors (Lipinski definition) is 0. The van der Waals surface area contributed by atoms with Gasteiger partial charge in [-0.15, -0.1) is 9.36 Å². The number of benzene rings is 1. The third-order valence-corrected chi connectivity index (χ3v) is 6.50. The quantitative estimate of drug-likeness (QED) is 0.214. The summed E-state index contributed by atoms with van der Waals surface area (Å²) < 4.78 is 3.60. The zero-order valence-electron chi connectivity index (χ0n) is 20.1. The second-order valence-corrected chi connectivity index (χ2v) is 9.13. The summed E-state index contributed by atoms with van der Waals surface area (Å²) in [4.78, 5) is 26.5. The highest BCUT2D eigenvalue weighted by Crippen LogP contribution is 2.25. The predicted octanol–water partition coefficient (Wildman–Crippen LogP) is 6.06. The monoisotopic (exact) mass is 438 g/mol. The molecule has 0 fully saturated rings. The van der Waals surface area contributed by atoms with Crippen molar-refractivity contribution in [2.45, 2.75) is 110 Å². The van der Waals surface area contributed by atoms with Crippen molar-refractivity contribution in [3.8, 4) is 0 Å². The fourth-order valence-electron chi connectivity index (χ4n) is 4.62. The van der Waals surface area contributed by atoms with Crippen molar-refractivity contribution in [3.05, 3.63) is 46.8 Å². The van der Waals surface area contributed by atoms with Gasteiger partial charge in [-0.3, -0.25) is 9.59 Å². The molecule has 32 heavy (non-hydrogen) atoms. The number of hydrogen-bond acceptors (Lipinski definition) is 3. The highest BCUT2D eigenvalue weighted by atomic mass is 16.1. The van der Waals surface area contributed by atoms with Gasteiger partial charge in [-0.05, 0) is 25.7 Å². The molecule has 1 aromatic carbocycles. The van der Waals surface area contributed by atoms with Gasteiger partial charge in [-0.2, -0.15) is 0 Å².